The molecular formula is C13H20N2O. The summed E-state index contributed by atoms with van der Waals surface area (Å²) in [5, 5.41) is 0. The standard InChI is InChI=1S/C13H20N2O/c1-15(10-13-3-2-8-16-13)9-11-4-6-12(14)7-5-11/h4-7,13H,2-3,8-10,14H2,1H3/t13-/m1/s1. The van der Waals surface area contributed by atoms with Gasteiger partial charge in [0.05, 0.1) is 6.10 Å². The number of nitrogen functional groups attached to an aromatic ring is 1. The van der Waals surface area contributed by atoms with E-state index in [2.05, 4.69) is 24.1 Å². The van der Waals surface area contributed by atoms with Crippen molar-refractivity contribution < 1.29 is 4.74 Å². The highest BCUT2D eigenvalue weighted by Crippen LogP contribution is 2.14. The summed E-state index contributed by atoms with van der Waals surface area (Å²) in [5.74, 6) is 0. The van der Waals surface area contributed by atoms with Gasteiger partial charge < -0.3 is 10.5 Å². The van der Waals surface area contributed by atoms with Crippen molar-refractivity contribution >= 4 is 5.69 Å². The third kappa shape index (κ3) is 3.22. The van der Waals surface area contributed by atoms with Gasteiger partial charge >= 0.3 is 0 Å². The van der Waals surface area contributed by atoms with Crippen LogP contribution in [0.2, 0.25) is 0 Å². The van der Waals surface area contributed by atoms with E-state index >= 15 is 0 Å². The van der Waals surface area contributed by atoms with Crippen LogP contribution >= 0.6 is 0 Å². The molecule has 2 N–H and O–H groups in total. The zero-order chi connectivity index (χ0) is 11.4. The van der Waals surface area contributed by atoms with E-state index in [4.69, 9.17) is 10.5 Å². The van der Waals surface area contributed by atoms with Crippen LogP contribution in [0.15, 0.2) is 24.3 Å². The smallest absolute Gasteiger partial charge is 0.0702 e. The molecule has 1 aliphatic heterocycles. The van der Waals surface area contributed by atoms with Gasteiger partial charge in [0.15, 0.2) is 0 Å². The Morgan fingerprint density at radius 3 is 2.75 bits per heavy atom. The first-order chi connectivity index (χ1) is 7.74. The second-order valence-corrected chi connectivity index (χ2v) is 4.57. The van der Waals surface area contributed by atoms with Crippen molar-refractivity contribution in [1.29, 1.82) is 0 Å². The number of nitrogens with two attached hydrogens (primary N) is 1. The van der Waals surface area contributed by atoms with Crippen molar-refractivity contribution in [3.8, 4) is 0 Å². The summed E-state index contributed by atoms with van der Waals surface area (Å²) >= 11 is 0. The van der Waals surface area contributed by atoms with Gasteiger partial charge in [-0.25, -0.2) is 0 Å². The Balaban J connectivity index is 1.81. The molecule has 0 amide bonds. The minimum atomic E-state index is 0.429. The molecule has 0 unspecified atom stereocenters. The summed E-state index contributed by atoms with van der Waals surface area (Å²) in [6, 6.07) is 8.08. The summed E-state index contributed by atoms with van der Waals surface area (Å²) in [5.41, 5.74) is 7.78. The zero-order valence-corrected chi connectivity index (χ0v) is 9.86. The lowest BCUT2D eigenvalue weighted by Gasteiger charge is -2.20. The minimum Gasteiger partial charge on any atom is -0.399 e. The maximum absolute atomic E-state index is 5.66. The summed E-state index contributed by atoms with van der Waals surface area (Å²) in [7, 11) is 2.14. The third-order valence-corrected chi connectivity index (χ3v) is 2.97. The van der Waals surface area contributed by atoms with Crippen molar-refractivity contribution in [2.75, 3.05) is 25.9 Å². The Labute approximate surface area is 97.2 Å². The second kappa shape index (κ2) is 5.32. The molecule has 1 fully saturated rings. The van der Waals surface area contributed by atoms with Crippen molar-refractivity contribution in [1.82, 2.24) is 4.90 Å². The molecule has 1 aromatic carbocycles. The summed E-state index contributed by atoms with van der Waals surface area (Å²) in [4.78, 5) is 2.31. The minimum absolute atomic E-state index is 0.429. The second-order valence-electron chi connectivity index (χ2n) is 4.57. The number of hydrogen-bond donors (Lipinski definition) is 1. The average Bonchev–Trinajstić information content (AvgIpc) is 2.74. The lowest BCUT2D eigenvalue weighted by atomic mass is 10.2. The monoisotopic (exact) mass is 220 g/mol. The Hall–Kier alpha value is -1.06. The Bertz CT molecular complexity index is 317. The van der Waals surface area contributed by atoms with Crippen LogP contribution in [0.5, 0.6) is 0 Å². The molecule has 1 aromatic rings. The van der Waals surface area contributed by atoms with E-state index in [0.717, 1.165) is 25.4 Å². The number of likely N-dealkylation sites (N-methyl/N-ethyl adjacent to an activating group) is 1. The van der Waals surface area contributed by atoms with Crippen LogP contribution in [0.4, 0.5) is 5.69 Å². The van der Waals surface area contributed by atoms with Crippen LogP contribution in [-0.2, 0) is 11.3 Å². The predicted octanol–water partition coefficient (Wildman–Crippen LogP) is 1.88. The summed E-state index contributed by atoms with van der Waals surface area (Å²) < 4.78 is 5.62. The molecule has 1 aliphatic rings. The largest absolute Gasteiger partial charge is 0.399 e. The highest BCUT2D eigenvalue weighted by molar-refractivity contribution is 5.39. The predicted molar refractivity (Wildman–Crippen MR) is 66.2 cm³/mol. The Morgan fingerprint density at radius 1 is 1.38 bits per heavy atom. The quantitative estimate of drug-likeness (QED) is 0.787. The molecule has 3 heteroatoms. The molecule has 1 saturated heterocycles. The molecule has 0 saturated carbocycles. The van der Waals surface area contributed by atoms with Gasteiger partial charge in [-0.1, -0.05) is 12.1 Å². The molecule has 0 aliphatic carbocycles. The first-order valence-electron chi connectivity index (χ1n) is 5.88. The van der Waals surface area contributed by atoms with Crippen LogP contribution in [0.1, 0.15) is 18.4 Å². The Kier molecular flexibility index (Phi) is 3.80. The molecule has 16 heavy (non-hydrogen) atoms. The highest BCUT2D eigenvalue weighted by atomic mass is 16.5. The summed E-state index contributed by atoms with van der Waals surface area (Å²) in [6.45, 7) is 2.91. The number of ether oxygens (including phenoxy) is 1. The van der Waals surface area contributed by atoms with E-state index in [1.807, 2.05) is 12.1 Å². The van der Waals surface area contributed by atoms with Crippen molar-refractivity contribution in [3.05, 3.63) is 29.8 Å². The van der Waals surface area contributed by atoms with Crippen molar-refractivity contribution in [2.24, 2.45) is 0 Å². The van der Waals surface area contributed by atoms with Gasteiger partial charge in [-0.15, -0.1) is 0 Å². The third-order valence-electron chi connectivity index (χ3n) is 2.97. The number of nitrogens with zero attached hydrogens (tertiary/aromatic N) is 1. The fourth-order valence-electron chi connectivity index (χ4n) is 2.14. The fourth-order valence-corrected chi connectivity index (χ4v) is 2.14. The first-order valence-corrected chi connectivity index (χ1v) is 5.88. The van der Waals surface area contributed by atoms with E-state index < -0.39 is 0 Å². The van der Waals surface area contributed by atoms with E-state index in [9.17, 15) is 0 Å². The van der Waals surface area contributed by atoms with Gasteiger partial charge in [0.25, 0.3) is 0 Å². The van der Waals surface area contributed by atoms with Gasteiger partial charge in [-0.05, 0) is 37.6 Å². The fraction of sp³-hybridized carbons (Fsp3) is 0.538. The van der Waals surface area contributed by atoms with Crippen LogP contribution in [0, 0.1) is 0 Å². The van der Waals surface area contributed by atoms with Crippen molar-refractivity contribution in [2.45, 2.75) is 25.5 Å². The molecule has 0 bridgehead atoms. The SMILES string of the molecule is CN(Cc1ccc(N)cc1)C[C@H]1CCCO1. The topological polar surface area (TPSA) is 38.5 Å². The van der Waals surface area contributed by atoms with Crippen LogP contribution in [0.25, 0.3) is 0 Å². The lowest BCUT2D eigenvalue weighted by molar-refractivity contribution is 0.0793. The van der Waals surface area contributed by atoms with Crippen LogP contribution < -0.4 is 5.73 Å². The summed E-state index contributed by atoms with van der Waals surface area (Å²) in [6.07, 6.45) is 2.84. The molecule has 88 valence electrons. The highest BCUT2D eigenvalue weighted by Gasteiger charge is 2.17. The van der Waals surface area contributed by atoms with Gasteiger partial charge in [0.1, 0.15) is 0 Å². The number of anilines is 1. The molecule has 1 heterocycles. The maximum Gasteiger partial charge on any atom is 0.0702 e. The van der Waals surface area contributed by atoms with E-state index in [1.54, 1.807) is 0 Å². The van der Waals surface area contributed by atoms with Gasteiger partial charge in [-0.3, -0.25) is 4.90 Å². The average molecular weight is 220 g/mol. The van der Waals surface area contributed by atoms with Gasteiger partial charge in [-0.2, -0.15) is 0 Å². The van der Waals surface area contributed by atoms with Gasteiger partial charge in [0.2, 0.25) is 0 Å². The zero-order valence-electron chi connectivity index (χ0n) is 9.86. The maximum atomic E-state index is 5.66. The number of benzene rings is 1. The van der Waals surface area contributed by atoms with Crippen molar-refractivity contribution in [3.63, 3.8) is 0 Å². The molecular weight excluding hydrogens is 200 g/mol. The number of hydrogen-bond acceptors (Lipinski definition) is 3. The molecule has 3 nitrogen and oxygen atoms in total. The van der Waals surface area contributed by atoms with E-state index in [0.29, 0.717) is 6.10 Å². The first kappa shape index (κ1) is 11.4. The van der Waals surface area contributed by atoms with Crippen LogP contribution in [0.3, 0.4) is 0 Å². The molecule has 0 spiro atoms. The molecule has 2 rings (SSSR count). The van der Waals surface area contributed by atoms with E-state index in [1.165, 1.54) is 18.4 Å². The molecule has 0 radical (unpaired) electrons. The molecule has 1 atom stereocenters. The lowest BCUT2D eigenvalue weighted by Crippen LogP contribution is -2.28. The van der Waals surface area contributed by atoms with E-state index in [-0.39, 0.29) is 0 Å². The molecule has 0 aromatic heterocycles. The number of rotatable bonds is 4. The Morgan fingerprint density at radius 2 is 2.12 bits per heavy atom. The normalized spacial score (nSPS) is 20.5. The van der Waals surface area contributed by atoms with Gasteiger partial charge in [0, 0.05) is 25.4 Å². The van der Waals surface area contributed by atoms with Crippen LogP contribution in [-0.4, -0.2) is 31.2 Å².